The number of thiophene rings is 1. The molecule has 2 atom stereocenters. The Kier molecular flexibility index (Phi) is 4.88. The predicted molar refractivity (Wildman–Crippen MR) is 81.8 cm³/mol. The van der Waals surface area contributed by atoms with Crippen molar-refractivity contribution in [3.63, 3.8) is 0 Å². The van der Waals surface area contributed by atoms with E-state index in [1.807, 2.05) is 19.1 Å². The summed E-state index contributed by atoms with van der Waals surface area (Å²) >= 11 is 4.93. The van der Waals surface area contributed by atoms with E-state index in [2.05, 4.69) is 15.9 Å². The van der Waals surface area contributed by atoms with Gasteiger partial charge in [-0.05, 0) is 41.4 Å². The van der Waals surface area contributed by atoms with Crippen molar-refractivity contribution in [1.29, 1.82) is 0 Å². The molecule has 2 heterocycles. The Bertz CT molecular complexity index is 598. The van der Waals surface area contributed by atoms with Crippen molar-refractivity contribution in [3.05, 3.63) is 20.8 Å². The van der Waals surface area contributed by atoms with Gasteiger partial charge in [0.15, 0.2) is 9.84 Å². The molecule has 2 unspecified atom stereocenters. The van der Waals surface area contributed by atoms with Crippen LogP contribution in [0.3, 0.4) is 0 Å². The van der Waals surface area contributed by atoms with Gasteiger partial charge in [-0.15, -0.1) is 11.3 Å². The van der Waals surface area contributed by atoms with E-state index in [1.54, 1.807) is 16.2 Å². The van der Waals surface area contributed by atoms with Gasteiger partial charge in [0.25, 0.3) is 0 Å². The van der Waals surface area contributed by atoms with Crippen molar-refractivity contribution < 1.29 is 18.3 Å². The Balaban J connectivity index is 2.21. The lowest BCUT2D eigenvalue weighted by Crippen LogP contribution is -2.41. The Morgan fingerprint density at radius 3 is 2.75 bits per heavy atom. The predicted octanol–water partition coefficient (Wildman–Crippen LogP) is 2.15. The van der Waals surface area contributed by atoms with Gasteiger partial charge in [0.05, 0.1) is 21.8 Å². The highest BCUT2D eigenvalue weighted by atomic mass is 79.9. The summed E-state index contributed by atoms with van der Waals surface area (Å²) in [5, 5.41) is 9.08. The summed E-state index contributed by atoms with van der Waals surface area (Å²) in [4.78, 5) is 13.9. The number of hydrogen-bond donors (Lipinski definition) is 1. The van der Waals surface area contributed by atoms with Crippen molar-refractivity contribution in [2.24, 2.45) is 0 Å². The minimum atomic E-state index is -3.03. The molecule has 0 radical (unpaired) electrons. The molecule has 0 saturated carbocycles. The van der Waals surface area contributed by atoms with Crippen LogP contribution in [0.1, 0.15) is 24.3 Å². The number of carboxylic acid groups (broad SMARTS) is 1. The second-order valence-electron chi connectivity index (χ2n) is 4.94. The number of nitrogens with zero attached hydrogens (tertiary/aromatic N) is 1. The Morgan fingerprint density at radius 2 is 2.30 bits per heavy atom. The standard InChI is InChI=1S/C12H16BrNO4S2/c1-8(10-2-3-11(13)19-10)14(6-12(15)16)9-4-5-20(17,18)7-9/h2-3,8-9H,4-7H2,1H3,(H,15,16). The number of halogens is 1. The van der Waals surface area contributed by atoms with Gasteiger partial charge in [-0.1, -0.05) is 0 Å². The summed E-state index contributed by atoms with van der Waals surface area (Å²) in [5.41, 5.74) is 0. The molecular formula is C12H16BrNO4S2. The maximum atomic E-state index is 11.6. The van der Waals surface area contributed by atoms with Crippen LogP contribution in [0.5, 0.6) is 0 Å². The molecule has 1 fully saturated rings. The Morgan fingerprint density at radius 1 is 1.60 bits per heavy atom. The van der Waals surface area contributed by atoms with Crippen molar-refractivity contribution >= 4 is 43.1 Å². The topological polar surface area (TPSA) is 74.7 Å². The molecule has 8 heteroatoms. The fourth-order valence-electron chi connectivity index (χ4n) is 2.49. The second kappa shape index (κ2) is 6.13. The van der Waals surface area contributed by atoms with E-state index >= 15 is 0 Å². The molecule has 1 aliphatic heterocycles. The van der Waals surface area contributed by atoms with Crippen LogP contribution in [0.4, 0.5) is 0 Å². The van der Waals surface area contributed by atoms with Gasteiger partial charge in [0.2, 0.25) is 0 Å². The number of carboxylic acids is 1. The first kappa shape index (κ1) is 15.9. The molecule has 1 saturated heterocycles. The number of hydrogen-bond acceptors (Lipinski definition) is 5. The summed E-state index contributed by atoms with van der Waals surface area (Å²) in [5.74, 6) is -0.733. The van der Waals surface area contributed by atoms with E-state index in [4.69, 9.17) is 5.11 Å². The zero-order valence-electron chi connectivity index (χ0n) is 11.0. The molecule has 20 heavy (non-hydrogen) atoms. The third kappa shape index (κ3) is 3.81. The van der Waals surface area contributed by atoms with E-state index in [9.17, 15) is 13.2 Å². The number of carbonyl (C=O) groups is 1. The molecule has 112 valence electrons. The molecule has 1 aromatic heterocycles. The van der Waals surface area contributed by atoms with Crippen LogP contribution in [0.2, 0.25) is 0 Å². The van der Waals surface area contributed by atoms with E-state index in [0.29, 0.717) is 6.42 Å². The fourth-order valence-corrected chi connectivity index (χ4v) is 5.73. The van der Waals surface area contributed by atoms with Crippen molar-refractivity contribution in [1.82, 2.24) is 4.90 Å². The van der Waals surface area contributed by atoms with E-state index in [0.717, 1.165) is 8.66 Å². The number of rotatable bonds is 5. The van der Waals surface area contributed by atoms with E-state index in [-0.39, 0.29) is 30.1 Å². The molecule has 0 aliphatic carbocycles. The van der Waals surface area contributed by atoms with Crippen LogP contribution in [-0.2, 0) is 14.6 Å². The SMILES string of the molecule is CC(c1ccc(Br)s1)N(CC(=O)O)C1CCS(=O)(=O)C1. The number of aliphatic carboxylic acids is 1. The largest absolute Gasteiger partial charge is 0.480 e. The zero-order valence-corrected chi connectivity index (χ0v) is 14.2. The van der Waals surface area contributed by atoms with Crippen LogP contribution in [0, 0.1) is 0 Å². The Labute approximate surface area is 130 Å². The van der Waals surface area contributed by atoms with Gasteiger partial charge in [-0.25, -0.2) is 8.42 Å². The molecule has 0 amide bonds. The van der Waals surface area contributed by atoms with Gasteiger partial charge in [-0.3, -0.25) is 9.69 Å². The lowest BCUT2D eigenvalue weighted by molar-refractivity contribution is -0.139. The average Bonchev–Trinajstić information content (AvgIpc) is 2.91. The molecule has 1 N–H and O–H groups in total. The van der Waals surface area contributed by atoms with Crippen LogP contribution in [0.25, 0.3) is 0 Å². The lowest BCUT2D eigenvalue weighted by Gasteiger charge is -2.31. The van der Waals surface area contributed by atoms with Crippen molar-refractivity contribution in [2.75, 3.05) is 18.1 Å². The third-order valence-electron chi connectivity index (χ3n) is 3.50. The monoisotopic (exact) mass is 381 g/mol. The first-order valence-corrected chi connectivity index (χ1v) is 9.65. The minimum Gasteiger partial charge on any atom is -0.480 e. The maximum absolute atomic E-state index is 11.6. The molecule has 0 bridgehead atoms. The number of sulfone groups is 1. The molecule has 0 spiro atoms. The van der Waals surface area contributed by atoms with Crippen LogP contribution in [0.15, 0.2) is 15.9 Å². The van der Waals surface area contributed by atoms with Gasteiger partial charge >= 0.3 is 5.97 Å². The average molecular weight is 382 g/mol. The summed E-state index contributed by atoms with van der Waals surface area (Å²) in [6.45, 7) is 1.78. The molecule has 2 rings (SSSR count). The van der Waals surface area contributed by atoms with Crippen LogP contribution < -0.4 is 0 Å². The van der Waals surface area contributed by atoms with E-state index < -0.39 is 15.8 Å². The Hall–Kier alpha value is -0.440. The lowest BCUT2D eigenvalue weighted by atomic mass is 10.1. The second-order valence-corrected chi connectivity index (χ2v) is 9.66. The molecule has 5 nitrogen and oxygen atoms in total. The van der Waals surface area contributed by atoms with Crippen LogP contribution in [-0.4, -0.2) is 48.5 Å². The smallest absolute Gasteiger partial charge is 0.317 e. The summed E-state index contributed by atoms with van der Waals surface area (Å²) in [6, 6.07) is 3.53. The highest BCUT2D eigenvalue weighted by Gasteiger charge is 2.35. The molecule has 1 aromatic rings. The van der Waals surface area contributed by atoms with Crippen LogP contribution >= 0.6 is 27.3 Å². The highest BCUT2D eigenvalue weighted by Crippen LogP contribution is 2.33. The summed E-state index contributed by atoms with van der Waals surface area (Å²) < 4.78 is 24.2. The van der Waals surface area contributed by atoms with Gasteiger partial charge in [0, 0.05) is 17.0 Å². The van der Waals surface area contributed by atoms with Crippen molar-refractivity contribution in [2.45, 2.75) is 25.4 Å². The summed E-state index contributed by atoms with van der Waals surface area (Å²) in [7, 11) is -3.03. The third-order valence-corrected chi connectivity index (χ3v) is 7.04. The maximum Gasteiger partial charge on any atom is 0.317 e. The van der Waals surface area contributed by atoms with Gasteiger partial charge < -0.3 is 5.11 Å². The summed E-state index contributed by atoms with van der Waals surface area (Å²) in [6.07, 6.45) is 0.506. The molecular weight excluding hydrogens is 366 g/mol. The quantitative estimate of drug-likeness (QED) is 0.845. The highest BCUT2D eigenvalue weighted by molar-refractivity contribution is 9.11. The van der Waals surface area contributed by atoms with Gasteiger partial charge in [-0.2, -0.15) is 0 Å². The minimum absolute atomic E-state index is 0.0527. The normalized spacial score (nSPS) is 23.1. The molecule has 0 aromatic carbocycles. The van der Waals surface area contributed by atoms with Gasteiger partial charge in [0.1, 0.15) is 0 Å². The zero-order chi connectivity index (χ0) is 14.9. The first-order valence-electron chi connectivity index (χ1n) is 6.22. The fraction of sp³-hybridized carbons (Fsp3) is 0.583. The first-order chi connectivity index (χ1) is 9.28. The molecule has 1 aliphatic rings. The van der Waals surface area contributed by atoms with E-state index in [1.165, 1.54) is 0 Å². The van der Waals surface area contributed by atoms with Crippen molar-refractivity contribution in [3.8, 4) is 0 Å².